The minimum atomic E-state index is -1.62. The zero-order chi connectivity index (χ0) is 13.9. The van der Waals surface area contributed by atoms with Gasteiger partial charge in [-0.1, -0.05) is 56.0 Å². The molecule has 0 atom stereocenters. The van der Waals surface area contributed by atoms with Crippen LogP contribution in [-0.4, -0.2) is 8.07 Å². The van der Waals surface area contributed by atoms with Crippen molar-refractivity contribution in [2.45, 2.75) is 26.2 Å². The van der Waals surface area contributed by atoms with Gasteiger partial charge in [0.15, 0.2) is 0 Å². The van der Waals surface area contributed by atoms with Crippen molar-refractivity contribution in [2.24, 2.45) is 0 Å². The Kier molecular flexibility index (Phi) is 4.05. The Hall–Kier alpha value is -1.61. The molecule has 0 spiro atoms. The van der Waals surface area contributed by atoms with Crippen molar-refractivity contribution in [1.82, 2.24) is 0 Å². The summed E-state index contributed by atoms with van der Waals surface area (Å²) < 4.78 is 19.6. The zero-order valence-electron chi connectivity index (χ0n) is 11.6. The molecule has 0 saturated heterocycles. The van der Waals surface area contributed by atoms with Crippen LogP contribution < -0.4 is 9.92 Å². The molecule has 0 heterocycles. The molecule has 1 nitrogen and oxygen atoms in total. The molecule has 0 aliphatic rings. The van der Waals surface area contributed by atoms with Crippen molar-refractivity contribution < 1.29 is 9.13 Å². The SMILES string of the molecule is C[Si](C)(C)c1ccc(OCc2ccccc2)cc1F. The van der Waals surface area contributed by atoms with Crippen LogP contribution in [0, 0.1) is 5.82 Å². The molecule has 0 N–H and O–H groups in total. The fraction of sp³-hybridized carbons (Fsp3) is 0.250. The number of halogens is 1. The molecule has 0 aliphatic carbocycles. The van der Waals surface area contributed by atoms with Crippen molar-refractivity contribution in [3.8, 4) is 5.75 Å². The third-order valence-electron chi connectivity index (χ3n) is 3.00. The van der Waals surface area contributed by atoms with Crippen LogP contribution in [0.15, 0.2) is 48.5 Å². The van der Waals surface area contributed by atoms with Gasteiger partial charge in [-0.15, -0.1) is 0 Å². The number of ether oxygens (including phenoxy) is 1. The van der Waals surface area contributed by atoms with Gasteiger partial charge < -0.3 is 4.74 Å². The predicted octanol–water partition coefficient (Wildman–Crippen LogP) is 3.95. The fourth-order valence-corrected chi connectivity index (χ4v) is 3.31. The van der Waals surface area contributed by atoms with E-state index in [1.54, 1.807) is 0 Å². The highest BCUT2D eigenvalue weighted by Crippen LogP contribution is 2.16. The maximum Gasteiger partial charge on any atom is 0.126 e. The van der Waals surface area contributed by atoms with E-state index in [1.807, 2.05) is 42.5 Å². The molecule has 0 bridgehead atoms. The number of rotatable bonds is 4. The molecule has 0 radical (unpaired) electrons. The summed E-state index contributed by atoms with van der Waals surface area (Å²) >= 11 is 0. The van der Waals surface area contributed by atoms with Gasteiger partial charge in [-0.25, -0.2) is 4.39 Å². The van der Waals surface area contributed by atoms with E-state index in [0.717, 1.165) is 10.8 Å². The third kappa shape index (κ3) is 3.67. The Balaban J connectivity index is 2.09. The lowest BCUT2D eigenvalue weighted by molar-refractivity contribution is 0.305. The van der Waals surface area contributed by atoms with Crippen molar-refractivity contribution in [3.05, 3.63) is 59.9 Å². The summed E-state index contributed by atoms with van der Waals surface area (Å²) in [6, 6.07) is 15.1. The average molecular weight is 274 g/mol. The van der Waals surface area contributed by atoms with Gasteiger partial charge in [0.2, 0.25) is 0 Å². The average Bonchev–Trinajstić information content (AvgIpc) is 2.36. The van der Waals surface area contributed by atoms with Gasteiger partial charge in [-0.05, 0) is 16.8 Å². The van der Waals surface area contributed by atoms with Gasteiger partial charge in [-0.2, -0.15) is 0 Å². The maximum atomic E-state index is 14.0. The summed E-state index contributed by atoms with van der Waals surface area (Å²) in [4.78, 5) is 0. The van der Waals surface area contributed by atoms with Crippen LogP contribution in [0.1, 0.15) is 5.56 Å². The summed E-state index contributed by atoms with van der Waals surface area (Å²) in [5.41, 5.74) is 1.08. The van der Waals surface area contributed by atoms with Gasteiger partial charge >= 0.3 is 0 Å². The van der Waals surface area contributed by atoms with E-state index >= 15 is 0 Å². The van der Waals surface area contributed by atoms with Crippen LogP contribution in [0.2, 0.25) is 19.6 Å². The van der Waals surface area contributed by atoms with E-state index < -0.39 is 8.07 Å². The van der Waals surface area contributed by atoms with Crippen LogP contribution in [-0.2, 0) is 6.61 Å². The molecule has 19 heavy (non-hydrogen) atoms. The maximum absolute atomic E-state index is 14.0. The molecule has 2 aromatic rings. The van der Waals surface area contributed by atoms with Crippen molar-refractivity contribution in [2.75, 3.05) is 0 Å². The molecular weight excluding hydrogens is 255 g/mol. The summed E-state index contributed by atoms with van der Waals surface area (Å²) in [5, 5.41) is 0.847. The number of benzene rings is 2. The highest BCUT2D eigenvalue weighted by atomic mass is 28.3. The molecule has 0 aliphatic heterocycles. The highest BCUT2D eigenvalue weighted by Gasteiger charge is 2.20. The lowest BCUT2D eigenvalue weighted by Gasteiger charge is -2.18. The van der Waals surface area contributed by atoms with E-state index in [4.69, 9.17) is 4.74 Å². The van der Waals surface area contributed by atoms with Crippen LogP contribution in [0.25, 0.3) is 0 Å². The fourth-order valence-electron chi connectivity index (χ4n) is 1.93. The van der Waals surface area contributed by atoms with Crippen LogP contribution >= 0.6 is 0 Å². The predicted molar refractivity (Wildman–Crippen MR) is 80.2 cm³/mol. The molecule has 0 unspecified atom stereocenters. The molecule has 3 heteroatoms. The van der Waals surface area contributed by atoms with Crippen molar-refractivity contribution in [3.63, 3.8) is 0 Å². The molecule has 0 saturated carbocycles. The second kappa shape index (κ2) is 5.57. The van der Waals surface area contributed by atoms with Crippen LogP contribution in [0.3, 0.4) is 0 Å². The summed E-state index contributed by atoms with van der Waals surface area (Å²) in [5.74, 6) is 0.438. The Morgan fingerprint density at radius 3 is 2.26 bits per heavy atom. The van der Waals surface area contributed by atoms with Gasteiger partial charge in [0.25, 0.3) is 0 Å². The van der Waals surface area contributed by atoms with E-state index in [9.17, 15) is 4.39 Å². The highest BCUT2D eigenvalue weighted by molar-refractivity contribution is 6.88. The lowest BCUT2D eigenvalue weighted by Crippen LogP contribution is -2.39. The third-order valence-corrected chi connectivity index (χ3v) is 5.02. The first-order chi connectivity index (χ1) is 8.97. The first kappa shape index (κ1) is 13.8. The largest absolute Gasteiger partial charge is 0.489 e. The molecule has 2 rings (SSSR count). The van der Waals surface area contributed by atoms with E-state index in [-0.39, 0.29) is 5.82 Å². The second-order valence-electron chi connectivity index (χ2n) is 5.67. The van der Waals surface area contributed by atoms with Gasteiger partial charge in [0.05, 0.1) is 8.07 Å². The normalized spacial score (nSPS) is 11.4. The number of hydrogen-bond donors (Lipinski definition) is 0. The zero-order valence-corrected chi connectivity index (χ0v) is 12.6. The topological polar surface area (TPSA) is 9.23 Å². The molecule has 100 valence electrons. The molecule has 0 fully saturated rings. The first-order valence-corrected chi connectivity index (χ1v) is 9.93. The molecule has 0 aromatic heterocycles. The summed E-state index contributed by atoms with van der Waals surface area (Å²) in [6.45, 7) is 6.87. The number of hydrogen-bond acceptors (Lipinski definition) is 1. The van der Waals surface area contributed by atoms with Gasteiger partial charge in [0, 0.05) is 6.07 Å². The van der Waals surface area contributed by atoms with E-state index in [2.05, 4.69) is 19.6 Å². The molecular formula is C16H19FOSi. The smallest absolute Gasteiger partial charge is 0.126 e. The Labute approximate surface area is 115 Å². The monoisotopic (exact) mass is 274 g/mol. The molecule has 0 amide bonds. The Morgan fingerprint density at radius 1 is 1.00 bits per heavy atom. The standard InChI is InChI=1S/C16H19FOSi/c1-19(2,3)16-10-9-14(11-15(16)17)18-12-13-7-5-4-6-8-13/h4-11H,12H2,1-3H3. The van der Waals surface area contributed by atoms with E-state index in [1.165, 1.54) is 6.07 Å². The Bertz CT molecular complexity index is 546. The lowest BCUT2D eigenvalue weighted by atomic mass is 10.2. The van der Waals surface area contributed by atoms with Crippen LogP contribution in [0.4, 0.5) is 4.39 Å². The minimum absolute atomic E-state index is 0.148. The quantitative estimate of drug-likeness (QED) is 0.767. The summed E-state index contributed by atoms with van der Waals surface area (Å²) in [6.07, 6.45) is 0. The van der Waals surface area contributed by atoms with Gasteiger partial charge in [-0.3, -0.25) is 0 Å². The minimum Gasteiger partial charge on any atom is -0.489 e. The molecule has 2 aromatic carbocycles. The van der Waals surface area contributed by atoms with Crippen molar-refractivity contribution in [1.29, 1.82) is 0 Å². The van der Waals surface area contributed by atoms with Crippen LogP contribution in [0.5, 0.6) is 5.75 Å². The van der Waals surface area contributed by atoms with E-state index in [0.29, 0.717) is 12.4 Å². The first-order valence-electron chi connectivity index (χ1n) is 6.43. The Morgan fingerprint density at radius 2 is 1.68 bits per heavy atom. The summed E-state index contributed by atoms with van der Waals surface area (Å²) in [7, 11) is -1.62. The second-order valence-corrected chi connectivity index (χ2v) is 10.7. The van der Waals surface area contributed by atoms with Crippen molar-refractivity contribution >= 4 is 13.3 Å². The van der Waals surface area contributed by atoms with Gasteiger partial charge in [0.1, 0.15) is 18.2 Å².